The minimum atomic E-state index is -0.196. The van der Waals surface area contributed by atoms with E-state index in [2.05, 4.69) is 37.3 Å². The number of hydrogen-bond donors (Lipinski definition) is 2. The molecule has 5 heterocycles. The fraction of sp³-hybridized carbons (Fsp3) is 0.333. The van der Waals surface area contributed by atoms with Crippen LogP contribution in [0.4, 0.5) is 23.3 Å². The van der Waals surface area contributed by atoms with E-state index < -0.39 is 0 Å². The number of nitrogens with zero attached hydrogens (tertiary/aromatic N) is 8. The topological polar surface area (TPSA) is 123 Å². The molecule has 2 aromatic heterocycles. The van der Waals surface area contributed by atoms with Crippen molar-refractivity contribution in [1.82, 2.24) is 29.7 Å². The maximum absolute atomic E-state index is 12.4. The van der Waals surface area contributed by atoms with E-state index in [1.54, 1.807) is 36.4 Å². The lowest BCUT2D eigenvalue weighted by atomic mass is 10.0. The van der Waals surface area contributed by atoms with Gasteiger partial charge in [0.1, 0.15) is 0 Å². The fourth-order valence-corrected chi connectivity index (χ4v) is 8.87. The summed E-state index contributed by atoms with van der Waals surface area (Å²) in [6.07, 6.45) is 12.7. The van der Waals surface area contributed by atoms with E-state index in [1.165, 1.54) is 50.9 Å². The number of carbonyl (C=O) groups is 2. The lowest BCUT2D eigenvalue weighted by Gasteiger charge is -2.36. The number of amides is 2. The molecule has 9 rings (SSSR count). The van der Waals surface area contributed by atoms with E-state index in [9.17, 15) is 9.59 Å². The van der Waals surface area contributed by atoms with Crippen LogP contribution in [-0.2, 0) is 9.59 Å². The van der Waals surface area contributed by atoms with Gasteiger partial charge in [-0.05, 0) is 157 Å². The molecule has 0 atom stereocenters. The second-order valence-corrected chi connectivity index (χ2v) is 17.9. The molecular formula is C51H56Cl2N10O2. The van der Waals surface area contributed by atoms with Gasteiger partial charge in [-0.3, -0.25) is 9.59 Å². The number of carbonyl (C=O) groups excluding carboxylic acids is 2. The minimum absolute atomic E-state index is 0.189. The molecule has 0 spiro atoms. The molecular weight excluding hydrogens is 856 g/mol. The normalized spacial score (nSPS) is 16.6. The van der Waals surface area contributed by atoms with Crippen LogP contribution in [-0.4, -0.2) is 107 Å². The number of fused-ring (bicyclic) bond motifs is 2. The molecule has 14 heteroatoms. The largest absolute Gasteiger partial charge is 0.341 e. The van der Waals surface area contributed by atoms with Crippen LogP contribution < -0.4 is 20.4 Å². The Bertz CT molecular complexity index is 2680. The lowest BCUT2D eigenvalue weighted by Crippen LogP contribution is -2.44. The summed E-state index contributed by atoms with van der Waals surface area (Å²) in [6, 6.07) is 26.9. The number of anilines is 4. The Morgan fingerprint density at radius 1 is 0.569 bits per heavy atom. The van der Waals surface area contributed by atoms with Crippen molar-refractivity contribution >= 4 is 92.2 Å². The molecule has 6 aromatic rings. The molecule has 0 aliphatic carbocycles. The van der Waals surface area contributed by atoms with Gasteiger partial charge in [0.15, 0.2) is 0 Å². The van der Waals surface area contributed by atoms with E-state index in [0.29, 0.717) is 21.8 Å². The molecule has 336 valence electrons. The Labute approximate surface area is 391 Å². The molecule has 0 saturated carbocycles. The highest BCUT2D eigenvalue weighted by Crippen LogP contribution is 2.28. The average molecular weight is 912 g/mol. The van der Waals surface area contributed by atoms with Crippen LogP contribution in [0.5, 0.6) is 0 Å². The van der Waals surface area contributed by atoms with Crippen molar-refractivity contribution in [2.75, 3.05) is 79.8 Å². The first-order valence-corrected chi connectivity index (χ1v) is 23.3. The highest BCUT2D eigenvalue weighted by atomic mass is 35.5. The number of halogens is 2. The maximum Gasteiger partial charge on any atom is 0.248 e. The Kier molecular flexibility index (Phi) is 15.0. The monoisotopic (exact) mass is 910 g/mol. The zero-order valence-electron chi connectivity index (χ0n) is 37.3. The predicted octanol–water partition coefficient (Wildman–Crippen LogP) is 9.69. The number of benzene rings is 4. The molecule has 3 aliphatic heterocycles. The van der Waals surface area contributed by atoms with Crippen LogP contribution in [0, 0.1) is 13.8 Å². The Morgan fingerprint density at radius 3 is 1.54 bits per heavy atom. The van der Waals surface area contributed by atoms with Crippen LogP contribution >= 0.6 is 23.2 Å². The molecule has 0 radical (unpaired) electrons. The maximum atomic E-state index is 12.4. The molecule has 65 heavy (non-hydrogen) atoms. The molecule has 2 N–H and O–H groups in total. The van der Waals surface area contributed by atoms with Crippen molar-refractivity contribution in [3.8, 4) is 0 Å². The third kappa shape index (κ3) is 12.3. The summed E-state index contributed by atoms with van der Waals surface area (Å²) < 4.78 is 0. The van der Waals surface area contributed by atoms with Crippen molar-refractivity contribution in [2.24, 2.45) is 0 Å². The fourth-order valence-electron chi connectivity index (χ4n) is 8.61. The number of nitrogens with one attached hydrogen (secondary N) is 2. The Morgan fingerprint density at radius 2 is 1.05 bits per heavy atom. The quantitative estimate of drug-likeness (QED) is 0.136. The molecule has 3 aliphatic rings. The summed E-state index contributed by atoms with van der Waals surface area (Å²) in [5, 5.41) is 9.07. The van der Waals surface area contributed by atoms with Crippen LogP contribution in [0.3, 0.4) is 0 Å². The van der Waals surface area contributed by atoms with E-state index >= 15 is 0 Å². The van der Waals surface area contributed by atoms with Gasteiger partial charge in [0.2, 0.25) is 23.7 Å². The highest BCUT2D eigenvalue weighted by molar-refractivity contribution is 6.30. The van der Waals surface area contributed by atoms with Gasteiger partial charge in [0.05, 0.1) is 22.4 Å². The first-order chi connectivity index (χ1) is 31.5. The van der Waals surface area contributed by atoms with Gasteiger partial charge in [-0.25, -0.2) is 19.9 Å². The Balaban J connectivity index is 0.000000178. The number of rotatable bonds is 9. The van der Waals surface area contributed by atoms with E-state index in [4.69, 9.17) is 43.1 Å². The summed E-state index contributed by atoms with van der Waals surface area (Å²) in [5.74, 6) is 1.21. The van der Waals surface area contributed by atoms with Crippen molar-refractivity contribution in [3.63, 3.8) is 0 Å². The summed E-state index contributed by atoms with van der Waals surface area (Å²) in [6.45, 7) is 12.5. The highest BCUT2D eigenvalue weighted by Gasteiger charge is 2.27. The van der Waals surface area contributed by atoms with Gasteiger partial charge in [0, 0.05) is 83.1 Å². The summed E-state index contributed by atoms with van der Waals surface area (Å²) in [5.41, 5.74) is 6.89. The third-order valence-corrected chi connectivity index (χ3v) is 12.8. The zero-order valence-corrected chi connectivity index (χ0v) is 38.8. The number of aromatic nitrogens is 4. The second kappa shape index (κ2) is 21.4. The van der Waals surface area contributed by atoms with Gasteiger partial charge < -0.3 is 30.2 Å². The van der Waals surface area contributed by atoms with Crippen LogP contribution in [0.2, 0.25) is 10.0 Å². The van der Waals surface area contributed by atoms with Gasteiger partial charge in [-0.2, -0.15) is 0 Å². The number of piperidine rings is 1. The predicted molar refractivity (Wildman–Crippen MR) is 267 cm³/mol. The molecule has 3 saturated heterocycles. The molecule has 2 amide bonds. The van der Waals surface area contributed by atoms with Crippen molar-refractivity contribution in [1.29, 1.82) is 0 Å². The molecule has 12 nitrogen and oxygen atoms in total. The standard InChI is InChI=1S/C27H30ClN5O.C24H26ClN5O/c1-19-24-18-22(30-26(34)11-6-20-4-7-21(28)8-5-20)9-10-25(24)31-27(29-19)33-16-12-23(13-17-33)32-14-2-3-15-32;1-17-21-16-20(27-23(31)11-6-18-4-7-19(25)8-5-18)9-10-22(21)28-24(26-17)30-13-3-12-29(2)14-15-30/h4-11,18,23H,2-3,12-17H2,1H3,(H,30,34);4-11,16H,3,12-15H2,1-2H3,(H,27,31)/b2*11-6-. The van der Waals surface area contributed by atoms with E-state index in [1.807, 2.05) is 74.5 Å². The van der Waals surface area contributed by atoms with Gasteiger partial charge >= 0.3 is 0 Å². The van der Waals surface area contributed by atoms with Gasteiger partial charge in [0.25, 0.3) is 0 Å². The minimum Gasteiger partial charge on any atom is -0.341 e. The summed E-state index contributed by atoms with van der Waals surface area (Å²) >= 11 is 11.8. The molecule has 0 bridgehead atoms. The first-order valence-electron chi connectivity index (χ1n) is 22.5. The van der Waals surface area contributed by atoms with Crippen molar-refractivity contribution in [3.05, 3.63) is 130 Å². The Hall–Kier alpha value is -5.92. The molecule has 4 aromatic carbocycles. The SMILES string of the molecule is Cc1nc(N2CCC(N3CCCC3)CC2)nc2ccc(NC(=O)/C=C\c3ccc(Cl)cc3)cc12.Cc1nc(N2CCCN(C)CC2)nc2ccc(NC(=O)/C=C\c3ccc(Cl)cc3)cc12. The zero-order chi connectivity index (χ0) is 45.3. The number of hydrogen-bond acceptors (Lipinski definition) is 10. The number of likely N-dealkylation sites (N-methyl/N-ethyl adjacent to an activating group) is 1. The smallest absolute Gasteiger partial charge is 0.248 e. The van der Waals surface area contributed by atoms with E-state index in [0.717, 1.165) is 108 Å². The van der Waals surface area contributed by atoms with E-state index in [-0.39, 0.29) is 11.8 Å². The van der Waals surface area contributed by atoms with Gasteiger partial charge in [-0.15, -0.1) is 0 Å². The van der Waals surface area contributed by atoms with Crippen LogP contribution in [0.15, 0.2) is 97.1 Å². The van der Waals surface area contributed by atoms with Crippen molar-refractivity contribution in [2.45, 2.75) is 52.0 Å². The lowest BCUT2D eigenvalue weighted by molar-refractivity contribution is -0.112. The summed E-state index contributed by atoms with van der Waals surface area (Å²) in [4.78, 5) is 53.5. The molecule has 3 fully saturated rings. The number of likely N-dealkylation sites (tertiary alicyclic amines) is 1. The van der Waals surface area contributed by atoms with Crippen LogP contribution in [0.1, 0.15) is 54.6 Å². The van der Waals surface area contributed by atoms with Crippen molar-refractivity contribution < 1.29 is 9.59 Å². The molecule has 0 unspecified atom stereocenters. The van der Waals surface area contributed by atoms with Gasteiger partial charge in [-0.1, -0.05) is 47.5 Å². The average Bonchev–Trinajstić information content (AvgIpc) is 3.77. The summed E-state index contributed by atoms with van der Waals surface area (Å²) in [7, 11) is 2.15. The van der Waals surface area contributed by atoms with Crippen LogP contribution in [0.25, 0.3) is 34.0 Å². The third-order valence-electron chi connectivity index (χ3n) is 12.3. The first kappa shape index (κ1) is 45.6. The second-order valence-electron chi connectivity index (χ2n) is 17.0. The number of aryl methyl sites for hydroxylation is 2.